The van der Waals surface area contributed by atoms with Crippen LogP contribution in [-0.2, 0) is 4.79 Å². The van der Waals surface area contributed by atoms with Crippen LogP contribution in [0, 0.1) is 0 Å². The van der Waals surface area contributed by atoms with E-state index >= 15 is 0 Å². The van der Waals surface area contributed by atoms with Crippen molar-refractivity contribution in [1.29, 1.82) is 0 Å². The highest BCUT2D eigenvalue weighted by Crippen LogP contribution is 2.51. The van der Waals surface area contributed by atoms with Crippen molar-refractivity contribution in [1.82, 2.24) is 0 Å². The molecule has 1 aliphatic rings. The average Bonchev–Trinajstić information content (AvgIpc) is 2.45. The SMILES string of the molecule is C[Si](C)(C)[C@@H]1C(=O)N(c2ccccc2)[C@@H]1c1ccccc1. The van der Waals surface area contributed by atoms with Crippen LogP contribution in [0.3, 0.4) is 0 Å². The van der Waals surface area contributed by atoms with Gasteiger partial charge in [0.15, 0.2) is 0 Å². The first-order chi connectivity index (χ1) is 10.00. The fourth-order valence-electron chi connectivity index (χ4n) is 3.20. The van der Waals surface area contributed by atoms with Crippen LogP contribution < -0.4 is 4.90 Å². The Hall–Kier alpha value is -1.87. The van der Waals surface area contributed by atoms with Crippen molar-refractivity contribution in [2.75, 3.05) is 4.90 Å². The van der Waals surface area contributed by atoms with Gasteiger partial charge in [0.25, 0.3) is 0 Å². The number of carbonyl (C=O) groups is 1. The van der Waals surface area contributed by atoms with E-state index in [2.05, 4.69) is 43.9 Å². The first-order valence-electron chi connectivity index (χ1n) is 7.43. The van der Waals surface area contributed by atoms with Crippen LogP contribution in [-0.4, -0.2) is 14.0 Å². The molecule has 0 unspecified atom stereocenters. The van der Waals surface area contributed by atoms with Gasteiger partial charge >= 0.3 is 0 Å². The molecule has 2 atom stereocenters. The van der Waals surface area contributed by atoms with Crippen LogP contribution in [0.1, 0.15) is 11.6 Å². The fraction of sp³-hybridized carbons (Fsp3) is 0.278. The maximum absolute atomic E-state index is 12.8. The average molecular weight is 295 g/mol. The zero-order chi connectivity index (χ0) is 15.0. The molecule has 3 heteroatoms. The number of amides is 1. The summed E-state index contributed by atoms with van der Waals surface area (Å²) in [6, 6.07) is 20.6. The van der Waals surface area contributed by atoms with Gasteiger partial charge < -0.3 is 4.90 Å². The van der Waals surface area contributed by atoms with Crippen LogP contribution in [0.5, 0.6) is 0 Å². The van der Waals surface area contributed by atoms with Gasteiger partial charge in [-0.25, -0.2) is 0 Å². The minimum Gasteiger partial charge on any atom is -0.304 e. The summed E-state index contributed by atoms with van der Waals surface area (Å²) in [6.07, 6.45) is 0. The van der Waals surface area contributed by atoms with Crippen LogP contribution in [0.25, 0.3) is 0 Å². The lowest BCUT2D eigenvalue weighted by atomic mass is 9.92. The lowest BCUT2D eigenvalue weighted by Crippen LogP contribution is -2.59. The Morgan fingerprint density at radius 3 is 1.90 bits per heavy atom. The largest absolute Gasteiger partial charge is 0.304 e. The van der Waals surface area contributed by atoms with Crippen LogP contribution in [0.15, 0.2) is 60.7 Å². The number of nitrogens with zero attached hydrogens (tertiary/aromatic N) is 1. The van der Waals surface area contributed by atoms with Gasteiger partial charge in [0.05, 0.1) is 19.7 Å². The molecule has 0 N–H and O–H groups in total. The van der Waals surface area contributed by atoms with E-state index in [1.54, 1.807) is 0 Å². The predicted molar refractivity (Wildman–Crippen MR) is 90.2 cm³/mol. The number of hydrogen-bond acceptors (Lipinski definition) is 1. The van der Waals surface area contributed by atoms with Crippen molar-refractivity contribution in [2.45, 2.75) is 31.2 Å². The molecule has 1 heterocycles. The maximum Gasteiger partial charge on any atom is 0.230 e. The molecule has 1 aliphatic heterocycles. The van der Waals surface area contributed by atoms with Gasteiger partial charge in [-0.2, -0.15) is 0 Å². The van der Waals surface area contributed by atoms with Gasteiger partial charge in [0, 0.05) is 5.69 Å². The van der Waals surface area contributed by atoms with Gasteiger partial charge in [0.1, 0.15) is 0 Å². The molecule has 1 amide bonds. The van der Waals surface area contributed by atoms with Crippen molar-refractivity contribution in [3.8, 4) is 0 Å². The molecule has 1 fully saturated rings. The van der Waals surface area contributed by atoms with E-state index in [1.165, 1.54) is 5.56 Å². The summed E-state index contributed by atoms with van der Waals surface area (Å²) < 4.78 is 0. The molecular formula is C18H21NOSi. The van der Waals surface area contributed by atoms with E-state index in [0.29, 0.717) is 0 Å². The van der Waals surface area contributed by atoms with Gasteiger partial charge in [-0.1, -0.05) is 68.2 Å². The van der Waals surface area contributed by atoms with Gasteiger partial charge in [-0.15, -0.1) is 0 Å². The first-order valence-corrected chi connectivity index (χ1v) is 11.0. The second kappa shape index (κ2) is 5.15. The molecule has 3 rings (SSSR count). The number of β-lactam (4-membered cyclic amide) rings is 1. The Morgan fingerprint density at radius 2 is 1.38 bits per heavy atom. The number of anilines is 1. The van der Waals surface area contributed by atoms with E-state index in [-0.39, 0.29) is 17.5 Å². The third-order valence-electron chi connectivity index (χ3n) is 4.21. The lowest BCUT2D eigenvalue weighted by molar-refractivity contribution is -0.124. The Balaban J connectivity index is 2.03. The quantitative estimate of drug-likeness (QED) is 0.604. The highest BCUT2D eigenvalue weighted by molar-refractivity contribution is 6.81. The summed E-state index contributed by atoms with van der Waals surface area (Å²) >= 11 is 0. The summed E-state index contributed by atoms with van der Waals surface area (Å²) in [5.41, 5.74) is 2.42. The summed E-state index contributed by atoms with van der Waals surface area (Å²) in [5.74, 6) is 0.286. The minimum absolute atomic E-state index is 0.167. The summed E-state index contributed by atoms with van der Waals surface area (Å²) in [5, 5.41) is 0. The number of benzene rings is 2. The van der Waals surface area contributed by atoms with Crippen molar-refractivity contribution < 1.29 is 4.79 Å². The molecule has 21 heavy (non-hydrogen) atoms. The predicted octanol–water partition coefficient (Wildman–Crippen LogP) is 4.48. The number of rotatable bonds is 3. The third-order valence-corrected chi connectivity index (χ3v) is 6.63. The van der Waals surface area contributed by atoms with Crippen molar-refractivity contribution in [2.24, 2.45) is 0 Å². The molecule has 0 aliphatic carbocycles. The molecular weight excluding hydrogens is 274 g/mol. The Bertz CT molecular complexity index is 633. The van der Waals surface area contributed by atoms with E-state index in [9.17, 15) is 4.79 Å². The molecule has 108 valence electrons. The highest BCUT2D eigenvalue weighted by Gasteiger charge is 2.54. The Kier molecular flexibility index (Phi) is 3.45. The standard InChI is InChI=1S/C18H21NOSi/c1-21(2,3)17-16(14-10-6-4-7-11-14)19(18(17)20)15-12-8-5-9-13-15/h4-13,16-17H,1-3H3/t16-,17+/m1/s1. The molecule has 2 aromatic carbocycles. The Morgan fingerprint density at radius 1 is 0.857 bits per heavy atom. The molecule has 0 radical (unpaired) electrons. The van der Waals surface area contributed by atoms with Crippen molar-refractivity contribution in [3.63, 3.8) is 0 Å². The van der Waals surface area contributed by atoms with E-state index in [1.807, 2.05) is 41.3 Å². The molecule has 0 spiro atoms. The molecule has 1 saturated heterocycles. The highest BCUT2D eigenvalue weighted by atomic mass is 28.3. The van der Waals surface area contributed by atoms with Crippen LogP contribution >= 0.6 is 0 Å². The molecule has 0 aromatic heterocycles. The number of carbonyl (C=O) groups excluding carboxylic acids is 1. The topological polar surface area (TPSA) is 20.3 Å². The fourth-order valence-corrected chi connectivity index (χ4v) is 5.37. The van der Waals surface area contributed by atoms with Gasteiger partial charge in [-0.3, -0.25) is 4.79 Å². The number of hydrogen-bond donors (Lipinski definition) is 0. The smallest absolute Gasteiger partial charge is 0.230 e. The van der Waals surface area contributed by atoms with Crippen LogP contribution in [0.2, 0.25) is 25.2 Å². The van der Waals surface area contributed by atoms with E-state index in [4.69, 9.17) is 0 Å². The Labute approximate surface area is 127 Å². The van der Waals surface area contributed by atoms with E-state index in [0.717, 1.165) is 5.69 Å². The minimum atomic E-state index is -1.55. The van der Waals surface area contributed by atoms with Gasteiger partial charge in [-0.05, 0) is 17.7 Å². The first kappa shape index (κ1) is 14.1. The normalized spacial score (nSPS) is 22.0. The second-order valence-electron chi connectivity index (χ2n) is 6.74. The zero-order valence-corrected chi connectivity index (χ0v) is 13.8. The van der Waals surface area contributed by atoms with Crippen molar-refractivity contribution in [3.05, 3.63) is 66.2 Å². The maximum atomic E-state index is 12.8. The van der Waals surface area contributed by atoms with E-state index < -0.39 is 8.07 Å². The lowest BCUT2D eigenvalue weighted by Gasteiger charge is -2.52. The summed E-state index contributed by atoms with van der Waals surface area (Å²) in [6.45, 7) is 6.86. The van der Waals surface area contributed by atoms with Crippen LogP contribution in [0.4, 0.5) is 5.69 Å². The molecule has 0 saturated carbocycles. The molecule has 2 aromatic rings. The van der Waals surface area contributed by atoms with Gasteiger partial charge in [0.2, 0.25) is 5.91 Å². The monoisotopic (exact) mass is 295 g/mol. The molecule has 0 bridgehead atoms. The zero-order valence-electron chi connectivity index (χ0n) is 12.8. The van der Waals surface area contributed by atoms with Crippen molar-refractivity contribution >= 4 is 19.7 Å². The summed E-state index contributed by atoms with van der Waals surface area (Å²) in [7, 11) is -1.55. The second-order valence-corrected chi connectivity index (χ2v) is 12.1. The summed E-state index contributed by atoms with van der Waals surface area (Å²) in [4.78, 5) is 14.7. The third kappa shape index (κ3) is 2.42. The molecule has 2 nitrogen and oxygen atoms in total. The number of para-hydroxylation sites is 1.